The van der Waals surface area contributed by atoms with Crippen molar-refractivity contribution in [3.63, 3.8) is 0 Å². The quantitative estimate of drug-likeness (QED) is 0.714. The number of hydrogen-bond acceptors (Lipinski definition) is 5. The maximum atomic E-state index is 5.30. The molecule has 0 saturated carbocycles. The van der Waals surface area contributed by atoms with Crippen LogP contribution >= 0.6 is 0 Å². The van der Waals surface area contributed by atoms with E-state index in [-0.39, 0.29) is 0 Å². The van der Waals surface area contributed by atoms with Gasteiger partial charge in [-0.05, 0) is 18.8 Å². The van der Waals surface area contributed by atoms with Crippen LogP contribution in [-0.2, 0) is 0 Å². The maximum Gasteiger partial charge on any atom is 0.204 e. The van der Waals surface area contributed by atoms with Crippen molar-refractivity contribution < 1.29 is 4.74 Å². The van der Waals surface area contributed by atoms with Crippen molar-refractivity contribution in [3.8, 4) is 5.75 Å². The number of ether oxygens (including phenoxy) is 1. The molecule has 0 aromatic carbocycles. The molecule has 5 nitrogen and oxygen atoms in total. The molecule has 0 bridgehead atoms. The van der Waals surface area contributed by atoms with Gasteiger partial charge in [0.05, 0.1) is 7.11 Å². The Kier molecular flexibility index (Phi) is 5.52. The summed E-state index contributed by atoms with van der Waals surface area (Å²) in [7, 11) is 3.44. The number of nitrogens with zero attached hydrogens (tertiary/aromatic N) is 2. The van der Waals surface area contributed by atoms with E-state index in [1.165, 1.54) is 12.7 Å². The highest BCUT2D eigenvalue weighted by Gasteiger charge is 2.09. The third-order valence-electron chi connectivity index (χ3n) is 2.50. The van der Waals surface area contributed by atoms with Crippen LogP contribution in [0.3, 0.4) is 0 Å². The summed E-state index contributed by atoms with van der Waals surface area (Å²) < 4.78 is 5.30. The standard InChI is InChI=1S/C12H22N4O/c1-9(2)6-5-7-14-12-10(17-4)11(13-3)15-8-16-12/h8-9H,5-7H2,1-4H3,(H2,13,14,15,16). The van der Waals surface area contributed by atoms with Crippen LogP contribution in [0.4, 0.5) is 11.6 Å². The van der Waals surface area contributed by atoms with Crippen LogP contribution in [0, 0.1) is 5.92 Å². The lowest BCUT2D eigenvalue weighted by atomic mass is 10.1. The predicted molar refractivity (Wildman–Crippen MR) is 70.7 cm³/mol. The van der Waals surface area contributed by atoms with Crippen molar-refractivity contribution in [1.29, 1.82) is 0 Å². The van der Waals surface area contributed by atoms with Crippen molar-refractivity contribution in [2.75, 3.05) is 31.3 Å². The van der Waals surface area contributed by atoms with Crippen LogP contribution in [0.15, 0.2) is 6.33 Å². The van der Waals surface area contributed by atoms with Crippen molar-refractivity contribution in [2.24, 2.45) is 5.92 Å². The van der Waals surface area contributed by atoms with Crippen LogP contribution in [0.2, 0.25) is 0 Å². The highest BCUT2D eigenvalue weighted by molar-refractivity contribution is 5.63. The van der Waals surface area contributed by atoms with Crippen LogP contribution < -0.4 is 15.4 Å². The Morgan fingerprint density at radius 1 is 1.29 bits per heavy atom. The first-order valence-electron chi connectivity index (χ1n) is 5.99. The number of aromatic nitrogens is 2. The average molecular weight is 238 g/mol. The van der Waals surface area contributed by atoms with Crippen molar-refractivity contribution in [2.45, 2.75) is 26.7 Å². The first-order chi connectivity index (χ1) is 8.19. The summed E-state index contributed by atoms with van der Waals surface area (Å²) >= 11 is 0. The van der Waals surface area contributed by atoms with E-state index in [1.54, 1.807) is 7.11 Å². The summed E-state index contributed by atoms with van der Waals surface area (Å²) in [6, 6.07) is 0. The normalized spacial score (nSPS) is 10.4. The highest BCUT2D eigenvalue weighted by Crippen LogP contribution is 2.28. The van der Waals surface area contributed by atoms with E-state index in [1.807, 2.05) is 7.05 Å². The van der Waals surface area contributed by atoms with E-state index in [0.29, 0.717) is 11.6 Å². The zero-order valence-electron chi connectivity index (χ0n) is 11.1. The fourth-order valence-corrected chi connectivity index (χ4v) is 1.59. The summed E-state index contributed by atoms with van der Waals surface area (Å²) in [6.07, 6.45) is 3.86. The van der Waals surface area contributed by atoms with Gasteiger partial charge in [0.1, 0.15) is 6.33 Å². The van der Waals surface area contributed by atoms with Gasteiger partial charge in [-0.25, -0.2) is 9.97 Å². The molecule has 1 rings (SSSR count). The van der Waals surface area contributed by atoms with Crippen molar-refractivity contribution >= 4 is 11.6 Å². The number of hydrogen-bond donors (Lipinski definition) is 2. The number of rotatable bonds is 7. The van der Waals surface area contributed by atoms with Gasteiger partial charge < -0.3 is 15.4 Å². The lowest BCUT2D eigenvalue weighted by molar-refractivity contribution is 0.414. The van der Waals surface area contributed by atoms with Gasteiger partial charge in [-0.1, -0.05) is 13.8 Å². The molecule has 0 saturated heterocycles. The van der Waals surface area contributed by atoms with Gasteiger partial charge in [-0.3, -0.25) is 0 Å². The van der Waals surface area contributed by atoms with Gasteiger partial charge in [0.2, 0.25) is 5.75 Å². The molecule has 0 aliphatic rings. The lowest BCUT2D eigenvalue weighted by Crippen LogP contribution is -2.08. The van der Waals surface area contributed by atoms with Crippen LogP contribution in [-0.4, -0.2) is 30.7 Å². The second-order valence-electron chi connectivity index (χ2n) is 4.32. The molecule has 5 heteroatoms. The minimum Gasteiger partial charge on any atom is -0.490 e. The molecule has 0 unspecified atom stereocenters. The number of methoxy groups -OCH3 is 1. The smallest absolute Gasteiger partial charge is 0.204 e. The summed E-state index contributed by atoms with van der Waals surface area (Å²) in [4.78, 5) is 8.29. The van der Waals surface area contributed by atoms with Gasteiger partial charge in [-0.15, -0.1) is 0 Å². The molecule has 0 amide bonds. The zero-order valence-corrected chi connectivity index (χ0v) is 11.1. The second-order valence-corrected chi connectivity index (χ2v) is 4.32. The van der Waals surface area contributed by atoms with Crippen molar-refractivity contribution in [3.05, 3.63) is 6.33 Å². The Morgan fingerprint density at radius 2 is 2.00 bits per heavy atom. The summed E-state index contributed by atoms with van der Waals surface area (Å²) in [6.45, 7) is 5.35. The molecule has 96 valence electrons. The zero-order chi connectivity index (χ0) is 12.7. The molecule has 0 aliphatic carbocycles. The van der Waals surface area contributed by atoms with E-state index in [2.05, 4.69) is 34.4 Å². The molecule has 0 atom stereocenters. The molecule has 17 heavy (non-hydrogen) atoms. The SMILES string of the molecule is CNc1ncnc(NCCCC(C)C)c1OC. The molecule has 0 aliphatic heterocycles. The van der Waals surface area contributed by atoms with E-state index >= 15 is 0 Å². The predicted octanol–water partition coefficient (Wildman–Crippen LogP) is 2.38. The summed E-state index contributed by atoms with van der Waals surface area (Å²) in [5.74, 6) is 2.85. The Bertz CT molecular complexity index is 341. The second kappa shape index (κ2) is 6.93. The average Bonchev–Trinajstić information content (AvgIpc) is 2.33. The van der Waals surface area contributed by atoms with Gasteiger partial charge >= 0.3 is 0 Å². The van der Waals surface area contributed by atoms with Gasteiger partial charge in [0, 0.05) is 13.6 Å². The number of anilines is 2. The fourth-order valence-electron chi connectivity index (χ4n) is 1.59. The molecular formula is C12H22N4O. The minimum absolute atomic E-state index is 0.666. The largest absolute Gasteiger partial charge is 0.490 e. The maximum absolute atomic E-state index is 5.30. The first-order valence-corrected chi connectivity index (χ1v) is 5.99. The van der Waals surface area contributed by atoms with E-state index in [9.17, 15) is 0 Å². The molecule has 1 heterocycles. The summed E-state index contributed by atoms with van der Waals surface area (Å²) in [5, 5.41) is 6.26. The van der Waals surface area contributed by atoms with E-state index in [4.69, 9.17) is 4.74 Å². The molecule has 1 aromatic rings. The Hall–Kier alpha value is -1.52. The molecule has 2 N–H and O–H groups in total. The highest BCUT2D eigenvalue weighted by atomic mass is 16.5. The van der Waals surface area contributed by atoms with Crippen molar-refractivity contribution in [1.82, 2.24) is 9.97 Å². The van der Waals surface area contributed by atoms with Gasteiger partial charge in [0.15, 0.2) is 11.6 Å². The Labute approximate surface area is 103 Å². The molecular weight excluding hydrogens is 216 g/mol. The van der Waals surface area contributed by atoms with Crippen LogP contribution in [0.25, 0.3) is 0 Å². The van der Waals surface area contributed by atoms with E-state index < -0.39 is 0 Å². The topological polar surface area (TPSA) is 59.1 Å². The third-order valence-corrected chi connectivity index (χ3v) is 2.50. The molecule has 0 radical (unpaired) electrons. The Balaban J connectivity index is 2.58. The van der Waals surface area contributed by atoms with Gasteiger partial charge in [0.25, 0.3) is 0 Å². The molecule has 0 spiro atoms. The van der Waals surface area contributed by atoms with Gasteiger partial charge in [-0.2, -0.15) is 0 Å². The molecule has 1 aromatic heterocycles. The Morgan fingerprint density at radius 3 is 2.59 bits per heavy atom. The summed E-state index contributed by atoms with van der Waals surface area (Å²) in [5.41, 5.74) is 0. The fraction of sp³-hybridized carbons (Fsp3) is 0.667. The van der Waals surface area contributed by atoms with E-state index in [0.717, 1.165) is 24.7 Å². The monoisotopic (exact) mass is 238 g/mol. The lowest BCUT2D eigenvalue weighted by Gasteiger charge is -2.12. The van der Waals surface area contributed by atoms with Crippen LogP contribution in [0.5, 0.6) is 5.75 Å². The third kappa shape index (κ3) is 4.09. The van der Waals surface area contributed by atoms with Crippen LogP contribution in [0.1, 0.15) is 26.7 Å². The number of nitrogens with one attached hydrogen (secondary N) is 2. The molecule has 0 fully saturated rings. The first kappa shape index (κ1) is 13.5. The minimum atomic E-state index is 0.666.